The van der Waals surface area contributed by atoms with Gasteiger partial charge in [-0.05, 0) is 37.0 Å². The zero-order valence-corrected chi connectivity index (χ0v) is 8.27. The van der Waals surface area contributed by atoms with Crippen molar-refractivity contribution in [2.75, 3.05) is 0 Å². The molecule has 2 fully saturated rings. The van der Waals surface area contributed by atoms with Crippen molar-refractivity contribution in [3.8, 4) is 0 Å². The summed E-state index contributed by atoms with van der Waals surface area (Å²) in [4.78, 5) is 0. The van der Waals surface area contributed by atoms with Crippen LogP contribution in [-0.4, -0.2) is 10.7 Å². The maximum Gasteiger partial charge on any atom is 0.0655 e. The molecule has 2 rings (SSSR count). The lowest BCUT2D eigenvalue weighted by Crippen LogP contribution is -2.26. The van der Waals surface area contributed by atoms with Crippen LogP contribution in [0.4, 0.5) is 0 Å². The van der Waals surface area contributed by atoms with Crippen LogP contribution < -0.4 is 0 Å². The molecule has 0 aromatic heterocycles. The average Bonchev–Trinajstić information content (AvgIpc) is 2.62. The van der Waals surface area contributed by atoms with E-state index >= 15 is 0 Å². The number of rotatable bonds is 2. The SMILES string of the molecule is CC1(C)CCC(O)(CC2CC2)C1. The highest BCUT2D eigenvalue weighted by atomic mass is 16.3. The standard InChI is InChI=1S/C11H20O/c1-10(2)5-6-11(12,8-10)7-9-3-4-9/h9,12H,3-8H2,1-2H3. The molecular formula is C11H20O. The first-order chi connectivity index (χ1) is 5.49. The molecule has 0 saturated heterocycles. The molecular weight excluding hydrogens is 148 g/mol. The smallest absolute Gasteiger partial charge is 0.0655 e. The summed E-state index contributed by atoms with van der Waals surface area (Å²) in [7, 11) is 0. The molecule has 0 heterocycles. The third kappa shape index (κ3) is 1.82. The van der Waals surface area contributed by atoms with Crippen molar-refractivity contribution >= 4 is 0 Å². The van der Waals surface area contributed by atoms with E-state index in [0.29, 0.717) is 5.41 Å². The van der Waals surface area contributed by atoms with Crippen molar-refractivity contribution in [2.45, 2.75) is 58.0 Å². The summed E-state index contributed by atoms with van der Waals surface area (Å²) in [6.45, 7) is 4.55. The molecule has 0 aromatic rings. The van der Waals surface area contributed by atoms with Crippen molar-refractivity contribution < 1.29 is 5.11 Å². The molecule has 2 aliphatic rings. The van der Waals surface area contributed by atoms with Gasteiger partial charge in [-0.1, -0.05) is 26.7 Å². The number of aliphatic hydroxyl groups is 1. The monoisotopic (exact) mass is 168 g/mol. The maximum atomic E-state index is 10.2. The van der Waals surface area contributed by atoms with Gasteiger partial charge in [0.25, 0.3) is 0 Å². The summed E-state index contributed by atoms with van der Waals surface area (Å²) in [5.74, 6) is 0.865. The first-order valence-electron chi connectivity index (χ1n) is 5.22. The quantitative estimate of drug-likeness (QED) is 0.672. The summed E-state index contributed by atoms with van der Waals surface area (Å²) in [5, 5.41) is 10.2. The molecule has 1 nitrogen and oxygen atoms in total. The highest BCUT2D eigenvalue weighted by molar-refractivity contribution is 4.96. The summed E-state index contributed by atoms with van der Waals surface area (Å²) < 4.78 is 0. The Morgan fingerprint density at radius 3 is 2.33 bits per heavy atom. The fourth-order valence-electron chi connectivity index (χ4n) is 2.67. The van der Waals surface area contributed by atoms with Gasteiger partial charge in [-0.3, -0.25) is 0 Å². The van der Waals surface area contributed by atoms with Crippen LogP contribution in [0.2, 0.25) is 0 Å². The lowest BCUT2D eigenvalue weighted by Gasteiger charge is -2.25. The number of hydrogen-bond acceptors (Lipinski definition) is 1. The summed E-state index contributed by atoms with van der Waals surface area (Å²) in [6.07, 6.45) is 7.07. The Morgan fingerprint density at radius 2 is 1.92 bits per heavy atom. The van der Waals surface area contributed by atoms with Crippen LogP contribution in [-0.2, 0) is 0 Å². The fourth-order valence-corrected chi connectivity index (χ4v) is 2.67. The second kappa shape index (κ2) is 2.47. The molecule has 0 aromatic carbocycles. The van der Waals surface area contributed by atoms with Crippen LogP contribution >= 0.6 is 0 Å². The predicted octanol–water partition coefficient (Wildman–Crippen LogP) is 2.73. The topological polar surface area (TPSA) is 20.2 Å². The van der Waals surface area contributed by atoms with Gasteiger partial charge in [0.1, 0.15) is 0 Å². The van der Waals surface area contributed by atoms with E-state index in [9.17, 15) is 5.11 Å². The Kier molecular flexibility index (Phi) is 1.76. The fraction of sp³-hybridized carbons (Fsp3) is 1.00. The van der Waals surface area contributed by atoms with E-state index in [4.69, 9.17) is 0 Å². The van der Waals surface area contributed by atoms with Crippen molar-refractivity contribution in [2.24, 2.45) is 11.3 Å². The molecule has 70 valence electrons. The van der Waals surface area contributed by atoms with Crippen LogP contribution in [0.15, 0.2) is 0 Å². The zero-order valence-electron chi connectivity index (χ0n) is 8.27. The molecule has 1 unspecified atom stereocenters. The van der Waals surface area contributed by atoms with Crippen molar-refractivity contribution in [3.63, 3.8) is 0 Å². The molecule has 1 atom stereocenters. The lowest BCUT2D eigenvalue weighted by atomic mass is 9.87. The van der Waals surface area contributed by atoms with Crippen LogP contribution in [0, 0.1) is 11.3 Å². The van der Waals surface area contributed by atoms with Crippen LogP contribution in [0.1, 0.15) is 52.4 Å². The molecule has 0 radical (unpaired) electrons. The minimum absolute atomic E-state index is 0.287. The summed E-state index contributed by atoms with van der Waals surface area (Å²) in [5.41, 5.74) is 0.105. The first-order valence-corrected chi connectivity index (χ1v) is 5.22. The molecule has 1 heteroatoms. The lowest BCUT2D eigenvalue weighted by molar-refractivity contribution is 0.0235. The third-order valence-corrected chi connectivity index (χ3v) is 3.44. The van der Waals surface area contributed by atoms with Crippen molar-refractivity contribution in [1.29, 1.82) is 0 Å². The predicted molar refractivity (Wildman–Crippen MR) is 49.9 cm³/mol. The van der Waals surface area contributed by atoms with E-state index in [-0.39, 0.29) is 5.60 Å². The van der Waals surface area contributed by atoms with Gasteiger partial charge in [0, 0.05) is 0 Å². The van der Waals surface area contributed by atoms with Crippen molar-refractivity contribution in [3.05, 3.63) is 0 Å². The Morgan fingerprint density at radius 1 is 1.25 bits per heavy atom. The van der Waals surface area contributed by atoms with Crippen LogP contribution in [0.5, 0.6) is 0 Å². The number of hydrogen-bond donors (Lipinski definition) is 1. The van der Waals surface area contributed by atoms with Gasteiger partial charge < -0.3 is 5.11 Å². The largest absolute Gasteiger partial charge is 0.390 e. The molecule has 2 aliphatic carbocycles. The van der Waals surface area contributed by atoms with Gasteiger partial charge in [-0.2, -0.15) is 0 Å². The summed E-state index contributed by atoms with van der Waals surface area (Å²) in [6, 6.07) is 0. The molecule has 12 heavy (non-hydrogen) atoms. The van der Waals surface area contributed by atoms with Gasteiger partial charge in [-0.15, -0.1) is 0 Å². The Labute approximate surface area is 75.2 Å². The third-order valence-electron chi connectivity index (χ3n) is 3.44. The molecule has 0 aliphatic heterocycles. The van der Waals surface area contributed by atoms with E-state index < -0.39 is 0 Å². The van der Waals surface area contributed by atoms with Gasteiger partial charge in [0.2, 0.25) is 0 Å². The zero-order chi connectivity index (χ0) is 8.82. The molecule has 0 bridgehead atoms. The van der Waals surface area contributed by atoms with Crippen molar-refractivity contribution in [1.82, 2.24) is 0 Å². The second-order valence-electron chi connectivity index (χ2n) is 5.71. The first kappa shape index (κ1) is 8.55. The van der Waals surface area contributed by atoms with E-state index in [1.165, 1.54) is 19.3 Å². The van der Waals surface area contributed by atoms with Gasteiger partial charge in [0.15, 0.2) is 0 Å². The summed E-state index contributed by atoms with van der Waals surface area (Å²) >= 11 is 0. The second-order valence-corrected chi connectivity index (χ2v) is 5.71. The Balaban J connectivity index is 1.93. The molecule has 2 saturated carbocycles. The Hall–Kier alpha value is -0.0400. The van der Waals surface area contributed by atoms with Crippen LogP contribution in [0.3, 0.4) is 0 Å². The van der Waals surface area contributed by atoms with E-state index in [1.807, 2.05) is 0 Å². The van der Waals surface area contributed by atoms with Gasteiger partial charge in [-0.25, -0.2) is 0 Å². The van der Waals surface area contributed by atoms with Gasteiger partial charge >= 0.3 is 0 Å². The minimum atomic E-state index is -0.287. The maximum absolute atomic E-state index is 10.2. The van der Waals surface area contributed by atoms with Crippen LogP contribution in [0.25, 0.3) is 0 Å². The minimum Gasteiger partial charge on any atom is -0.390 e. The molecule has 0 amide bonds. The highest BCUT2D eigenvalue weighted by Gasteiger charge is 2.44. The van der Waals surface area contributed by atoms with E-state index in [2.05, 4.69) is 13.8 Å². The normalized spacial score (nSPS) is 40.2. The van der Waals surface area contributed by atoms with Gasteiger partial charge in [0.05, 0.1) is 5.60 Å². The molecule has 0 spiro atoms. The Bertz CT molecular complexity index is 181. The highest BCUT2D eigenvalue weighted by Crippen LogP contribution is 2.49. The van der Waals surface area contributed by atoms with E-state index in [1.54, 1.807) is 0 Å². The van der Waals surface area contributed by atoms with E-state index in [0.717, 1.165) is 25.2 Å². The average molecular weight is 168 g/mol. The molecule has 1 N–H and O–H groups in total.